The molecule has 30 heavy (non-hydrogen) atoms. The van der Waals surface area contributed by atoms with E-state index in [1.54, 1.807) is 0 Å². The monoisotopic (exact) mass is 451 g/mol. The minimum atomic E-state index is -5.08. The average Bonchev–Trinajstić information content (AvgIpc) is 3.11. The van der Waals surface area contributed by atoms with Crippen molar-refractivity contribution in [1.82, 2.24) is 10.2 Å². The Morgan fingerprint density at radius 3 is 1.70 bits per heavy atom. The van der Waals surface area contributed by atoms with Crippen LogP contribution in [0.3, 0.4) is 0 Å². The summed E-state index contributed by atoms with van der Waals surface area (Å²) in [4.78, 5) is 31.7. The maximum Gasteiger partial charge on any atom is 0.490 e. The van der Waals surface area contributed by atoms with Crippen LogP contribution in [0.2, 0.25) is 0 Å². The lowest BCUT2D eigenvalue weighted by Gasteiger charge is -2.27. The number of amides is 2. The zero-order valence-electron chi connectivity index (χ0n) is 15.7. The molecule has 174 valence electrons. The number of carbonyl (C=O) groups is 3. The van der Waals surface area contributed by atoms with E-state index in [0.717, 1.165) is 32.4 Å². The van der Waals surface area contributed by atoms with Gasteiger partial charge >= 0.3 is 30.3 Å². The van der Waals surface area contributed by atoms with Gasteiger partial charge in [-0.15, -0.1) is 0 Å². The zero-order valence-corrected chi connectivity index (χ0v) is 15.7. The smallest absolute Gasteiger partial charge is 0.475 e. The molecule has 2 atom stereocenters. The number of nitrogens with one attached hydrogen (secondary N) is 1. The van der Waals surface area contributed by atoms with E-state index in [2.05, 4.69) is 5.32 Å². The number of carbonyl (C=O) groups excluding carboxylic acids is 1. The molecule has 1 aliphatic heterocycles. The molecule has 2 aliphatic carbocycles. The summed E-state index contributed by atoms with van der Waals surface area (Å²) in [6, 6.07) is 0.524. The predicted octanol–water partition coefficient (Wildman–Crippen LogP) is 2.33. The number of alkyl halides is 6. The lowest BCUT2D eigenvalue weighted by molar-refractivity contribution is -0.193. The highest BCUT2D eigenvalue weighted by atomic mass is 19.4. The molecular formula is C16H23F6N3O5. The third kappa shape index (κ3) is 8.24. The van der Waals surface area contributed by atoms with Crippen LogP contribution in [0.4, 0.5) is 31.1 Å². The molecule has 3 aliphatic rings. The fourth-order valence-electron chi connectivity index (χ4n) is 3.19. The first-order valence-corrected chi connectivity index (χ1v) is 9.01. The maximum atomic E-state index is 12.0. The van der Waals surface area contributed by atoms with Crippen molar-refractivity contribution in [3.63, 3.8) is 0 Å². The molecule has 0 spiro atoms. The highest BCUT2D eigenvalue weighted by Gasteiger charge is 2.58. The Kier molecular flexibility index (Phi) is 8.34. The molecule has 5 N–H and O–H groups in total. The lowest BCUT2D eigenvalue weighted by atomic mass is 9.96. The number of rotatable bonds is 1. The molecular weight excluding hydrogens is 428 g/mol. The van der Waals surface area contributed by atoms with E-state index >= 15 is 0 Å². The quantitative estimate of drug-likeness (QED) is 0.453. The topological polar surface area (TPSA) is 133 Å². The van der Waals surface area contributed by atoms with Crippen molar-refractivity contribution in [2.75, 3.05) is 13.1 Å². The average molecular weight is 451 g/mol. The van der Waals surface area contributed by atoms with E-state index in [-0.39, 0.29) is 11.6 Å². The van der Waals surface area contributed by atoms with Gasteiger partial charge in [-0.05, 0) is 25.2 Å². The molecule has 3 rings (SSSR count). The van der Waals surface area contributed by atoms with Crippen molar-refractivity contribution in [3.05, 3.63) is 0 Å². The Balaban J connectivity index is 0.000000271. The summed E-state index contributed by atoms with van der Waals surface area (Å²) in [7, 11) is 0. The van der Waals surface area contributed by atoms with Gasteiger partial charge in [-0.1, -0.05) is 19.3 Å². The molecule has 1 heterocycles. The molecule has 1 saturated heterocycles. The van der Waals surface area contributed by atoms with Crippen molar-refractivity contribution < 1.29 is 50.9 Å². The van der Waals surface area contributed by atoms with Gasteiger partial charge < -0.3 is 26.2 Å². The van der Waals surface area contributed by atoms with Crippen LogP contribution in [0.25, 0.3) is 0 Å². The summed E-state index contributed by atoms with van der Waals surface area (Å²) in [5.74, 6) is -4.94. The fraction of sp³-hybridized carbons (Fsp3) is 0.812. The van der Waals surface area contributed by atoms with Crippen molar-refractivity contribution in [2.24, 2.45) is 11.7 Å². The van der Waals surface area contributed by atoms with E-state index in [4.69, 9.17) is 25.5 Å². The van der Waals surface area contributed by atoms with Gasteiger partial charge in [-0.2, -0.15) is 26.3 Å². The van der Waals surface area contributed by atoms with Crippen molar-refractivity contribution in [3.8, 4) is 0 Å². The number of hydrogen-bond donors (Lipinski definition) is 4. The molecule has 8 nitrogen and oxygen atoms in total. The SMILES string of the molecule is NC12CC1CN(C(=O)NC1CCCCC1)C2.O=C(O)C(F)(F)F.O=C(O)C(F)(F)F. The van der Waals surface area contributed by atoms with Crippen LogP contribution in [-0.4, -0.2) is 70.1 Å². The van der Waals surface area contributed by atoms with Crippen molar-refractivity contribution in [1.29, 1.82) is 0 Å². The number of halogens is 6. The summed E-state index contributed by atoms with van der Waals surface area (Å²) in [5.41, 5.74) is 6.07. The van der Waals surface area contributed by atoms with E-state index in [1.165, 1.54) is 19.3 Å². The second-order valence-corrected chi connectivity index (χ2v) is 7.40. The normalized spacial score (nSPS) is 25.7. The number of carboxylic acid groups (broad SMARTS) is 2. The molecule has 0 radical (unpaired) electrons. The van der Waals surface area contributed by atoms with Crippen LogP contribution in [0.1, 0.15) is 38.5 Å². The number of nitrogens with zero attached hydrogens (tertiary/aromatic N) is 1. The number of hydrogen-bond acceptors (Lipinski definition) is 4. The van der Waals surface area contributed by atoms with E-state index < -0.39 is 24.3 Å². The number of nitrogens with two attached hydrogens (primary N) is 1. The second-order valence-electron chi connectivity index (χ2n) is 7.40. The Hall–Kier alpha value is -2.25. The summed E-state index contributed by atoms with van der Waals surface area (Å²) in [6.07, 6.45) is -2.92. The third-order valence-electron chi connectivity index (χ3n) is 4.91. The van der Waals surface area contributed by atoms with Gasteiger partial charge in [0.25, 0.3) is 0 Å². The van der Waals surface area contributed by atoms with Crippen LogP contribution < -0.4 is 11.1 Å². The largest absolute Gasteiger partial charge is 0.490 e. The van der Waals surface area contributed by atoms with Gasteiger partial charge in [0.05, 0.1) is 0 Å². The van der Waals surface area contributed by atoms with Crippen LogP contribution in [0, 0.1) is 5.92 Å². The maximum absolute atomic E-state index is 12.0. The fourth-order valence-corrected chi connectivity index (χ4v) is 3.19. The van der Waals surface area contributed by atoms with Gasteiger partial charge in [-0.25, -0.2) is 14.4 Å². The Bertz CT molecular complexity index is 612. The highest BCUT2D eigenvalue weighted by Crippen LogP contribution is 2.47. The molecule has 0 aromatic rings. The molecule has 3 fully saturated rings. The molecule has 2 amide bonds. The first kappa shape index (κ1) is 25.8. The number of carboxylic acids is 2. The summed E-state index contributed by atoms with van der Waals surface area (Å²) < 4.78 is 63.5. The number of fused-ring (bicyclic) bond motifs is 1. The van der Waals surface area contributed by atoms with Crippen molar-refractivity contribution in [2.45, 2.75) is 62.5 Å². The molecule has 14 heteroatoms. The number of urea groups is 1. The van der Waals surface area contributed by atoms with Gasteiger partial charge in [-0.3, -0.25) is 0 Å². The molecule has 0 aromatic heterocycles. The van der Waals surface area contributed by atoms with E-state index in [0.29, 0.717) is 12.0 Å². The first-order chi connectivity index (χ1) is 13.6. The molecule has 0 aromatic carbocycles. The lowest BCUT2D eigenvalue weighted by Crippen LogP contribution is -2.47. The van der Waals surface area contributed by atoms with E-state index in [9.17, 15) is 31.1 Å². The van der Waals surface area contributed by atoms with Crippen LogP contribution in [0.15, 0.2) is 0 Å². The molecule has 2 unspecified atom stereocenters. The predicted molar refractivity (Wildman–Crippen MR) is 89.4 cm³/mol. The first-order valence-electron chi connectivity index (χ1n) is 9.01. The van der Waals surface area contributed by atoms with Crippen LogP contribution in [-0.2, 0) is 9.59 Å². The third-order valence-corrected chi connectivity index (χ3v) is 4.91. The van der Waals surface area contributed by atoms with Gasteiger partial charge in [0.15, 0.2) is 0 Å². The highest BCUT2D eigenvalue weighted by molar-refractivity contribution is 5.75. The van der Waals surface area contributed by atoms with E-state index in [1.807, 2.05) is 4.90 Å². The second kappa shape index (κ2) is 9.71. The Morgan fingerprint density at radius 2 is 1.37 bits per heavy atom. The van der Waals surface area contributed by atoms with Crippen LogP contribution in [0.5, 0.6) is 0 Å². The Labute approximate surface area is 167 Å². The number of likely N-dealkylation sites (tertiary alicyclic amines) is 1. The van der Waals surface area contributed by atoms with Gasteiger partial charge in [0.2, 0.25) is 0 Å². The Morgan fingerprint density at radius 1 is 0.933 bits per heavy atom. The standard InChI is InChI=1S/C12H21N3O.2C2HF3O2/c13-12-6-9(12)7-15(8-12)11(16)14-10-4-2-1-3-5-10;2*3-2(4,5)1(6)7/h9-10H,1-8,13H2,(H,14,16);2*(H,6,7). The summed E-state index contributed by atoms with van der Waals surface area (Å²) >= 11 is 0. The molecule has 2 saturated carbocycles. The van der Waals surface area contributed by atoms with Gasteiger partial charge in [0, 0.05) is 24.7 Å². The van der Waals surface area contributed by atoms with Crippen molar-refractivity contribution >= 4 is 18.0 Å². The number of piperidine rings is 1. The van der Waals surface area contributed by atoms with Crippen LogP contribution >= 0.6 is 0 Å². The minimum absolute atomic E-state index is 0.0239. The van der Waals surface area contributed by atoms with Gasteiger partial charge in [0.1, 0.15) is 0 Å². The summed E-state index contributed by atoms with van der Waals surface area (Å²) in [5, 5.41) is 17.4. The zero-order chi connectivity index (χ0) is 23.3. The summed E-state index contributed by atoms with van der Waals surface area (Å²) in [6.45, 7) is 1.63. The number of aliphatic carboxylic acids is 2. The molecule has 0 bridgehead atoms. The minimum Gasteiger partial charge on any atom is -0.475 e.